The molecular weight excluding hydrogens is 262 g/mol. The number of benzene rings is 1. The minimum absolute atomic E-state index is 0.570. The number of fused-ring (bicyclic) bond motifs is 1. The van der Waals surface area contributed by atoms with Crippen molar-refractivity contribution in [3.63, 3.8) is 0 Å². The van der Waals surface area contributed by atoms with Gasteiger partial charge in [0.1, 0.15) is 0 Å². The fraction of sp³-hybridized carbons (Fsp3) is 0.529. The van der Waals surface area contributed by atoms with Crippen LogP contribution in [0.2, 0.25) is 0 Å². The number of likely N-dealkylation sites (N-methyl/N-ethyl adjacent to an activating group) is 1. The Labute approximate surface area is 126 Å². The van der Waals surface area contributed by atoms with Crippen LogP contribution in [0.5, 0.6) is 0 Å². The summed E-state index contributed by atoms with van der Waals surface area (Å²) in [6.45, 7) is 3.48. The third-order valence-electron chi connectivity index (χ3n) is 4.27. The van der Waals surface area contributed by atoms with E-state index in [9.17, 15) is 5.11 Å². The summed E-state index contributed by atoms with van der Waals surface area (Å²) in [5.41, 5.74) is 1.93. The van der Waals surface area contributed by atoms with Gasteiger partial charge in [0.25, 0.3) is 0 Å². The van der Waals surface area contributed by atoms with Crippen molar-refractivity contribution in [1.82, 2.24) is 14.8 Å². The largest absolute Gasteiger partial charge is 0.387 e. The van der Waals surface area contributed by atoms with Gasteiger partial charge in [0.2, 0.25) is 0 Å². The molecule has 0 unspecified atom stereocenters. The zero-order valence-corrected chi connectivity index (χ0v) is 13.0. The van der Waals surface area contributed by atoms with E-state index in [0.717, 1.165) is 39.0 Å². The van der Waals surface area contributed by atoms with Crippen LogP contribution < -0.4 is 0 Å². The van der Waals surface area contributed by atoms with Gasteiger partial charge in [0.15, 0.2) is 0 Å². The van der Waals surface area contributed by atoms with Gasteiger partial charge in [-0.05, 0) is 62.6 Å². The van der Waals surface area contributed by atoms with Gasteiger partial charge in [-0.2, -0.15) is 0 Å². The molecule has 0 radical (unpaired) electrons. The Kier molecular flexibility index (Phi) is 4.02. The lowest BCUT2D eigenvalue weighted by Crippen LogP contribution is -2.52. The van der Waals surface area contributed by atoms with Crippen molar-refractivity contribution in [2.45, 2.75) is 25.0 Å². The second kappa shape index (κ2) is 5.79. The van der Waals surface area contributed by atoms with Crippen molar-refractivity contribution in [3.8, 4) is 0 Å². The molecule has 1 aliphatic heterocycles. The summed E-state index contributed by atoms with van der Waals surface area (Å²) >= 11 is 0. The van der Waals surface area contributed by atoms with Crippen LogP contribution in [0.3, 0.4) is 0 Å². The normalized spacial score (nSPS) is 24.0. The third kappa shape index (κ3) is 3.46. The molecule has 1 aromatic heterocycles. The predicted molar refractivity (Wildman–Crippen MR) is 86.3 cm³/mol. The third-order valence-corrected chi connectivity index (χ3v) is 4.27. The summed E-state index contributed by atoms with van der Waals surface area (Å²) in [5.74, 6) is 0. The fourth-order valence-corrected chi connectivity index (χ4v) is 3.52. The van der Waals surface area contributed by atoms with Crippen LogP contribution in [0.1, 0.15) is 18.4 Å². The van der Waals surface area contributed by atoms with Gasteiger partial charge >= 0.3 is 0 Å². The quantitative estimate of drug-likeness (QED) is 0.904. The number of β-amino-alcohol motifs (C(OH)–C–C–N with tert-alkyl or cyclic N) is 1. The molecule has 1 saturated heterocycles. The number of hydrogen-bond donors (Lipinski definition) is 2. The zero-order chi connectivity index (χ0) is 14.9. The van der Waals surface area contributed by atoms with Crippen molar-refractivity contribution in [3.05, 3.63) is 36.0 Å². The van der Waals surface area contributed by atoms with E-state index in [1.807, 2.05) is 20.3 Å². The molecule has 0 spiro atoms. The Morgan fingerprint density at radius 3 is 3.00 bits per heavy atom. The second-order valence-corrected chi connectivity index (χ2v) is 6.68. The molecule has 1 fully saturated rings. The van der Waals surface area contributed by atoms with Crippen LogP contribution in [-0.2, 0) is 6.54 Å². The number of rotatable bonds is 4. The van der Waals surface area contributed by atoms with Gasteiger partial charge in [-0.3, -0.25) is 4.90 Å². The molecule has 0 aliphatic carbocycles. The SMILES string of the molecule is CN(C)C[C@@]1(O)CCCN(Cc2ccc3[nH]ccc3c2)C1. The van der Waals surface area contributed by atoms with Gasteiger partial charge in [0, 0.05) is 31.3 Å². The number of piperidine rings is 1. The highest BCUT2D eigenvalue weighted by molar-refractivity contribution is 5.79. The first-order valence-electron chi connectivity index (χ1n) is 7.70. The molecular formula is C17H25N3O. The van der Waals surface area contributed by atoms with Crippen LogP contribution in [0.4, 0.5) is 0 Å². The zero-order valence-electron chi connectivity index (χ0n) is 13.0. The number of H-pyrrole nitrogens is 1. The summed E-state index contributed by atoms with van der Waals surface area (Å²) < 4.78 is 0. The van der Waals surface area contributed by atoms with Gasteiger partial charge < -0.3 is 15.0 Å². The fourth-order valence-electron chi connectivity index (χ4n) is 3.52. The average molecular weight is 287 g/mol. The Bertz CT molecular complexity index is 607. The average Bonchev–Trinajstić information content (AvgIpc) is 2.84. The Morgan fingerprint density at radius 2 is 2.19 bits per heavy atom. The van der Waals surface area contributed by atoms with Crippen molar-refractivity contribution >= 4 is 10.9 Å². The van der Waals surface area contributed by atoms with Gasteiger partial charge in [-0.25, -0.2) is 0 Å². The number of likely N-dealkylation sites (tertiary alicyclic amines) is 1. The molecule has 3 rings (SSSR count). The summed E-state index contributed by atoms with van der Waals surface area (Å²) in [4.78, 5) is 7.68. The molecule has 2 aromatic rings. The maximum absolute atomic E-state index is 10.7. The van der Waals surface area contributed by atoms with Crippen LogP contribution >= 0.6 is 0 Å². The van der Waals surface area contributed by atoms with Gasteiger partial charge in [-0.15, -0.1) is 0 Å². The molecule has 2 heterocycles. The highest BCUT2D eigenvalue weighted by Crippen LogP contribution is 2.24. The number of aromatic amines is 1. The molecule has 1 atom stereocenters. The summed E-state index contributed by atoms with van der Waals surface area (Å²) in [6.07, 6.45) is 3.94. The van der Waals surface area contributed by atoms with E-state index in [-0.39, 0.29) is 0 Å². The summed E-state index contributed by atoms with van der Waals surface area (Å²) in [5, 5.41) is 12.0. The minimum atomic E-state index is -0.570. The van der Waals surface area contributed by atoms with Crippen molar-refractivity contribution in [2.75, 3.05) is 33.7 Å². The first-order chi connectivity index (χ1) is 10.0. The van der Waals surface area contributed by atoms with E-state index in [2.05, 4.69) is 39.0 Å². The first-order valence-corrected chi connectivity index (χ1v) is 7.70. The Hall–Kier alpha value is -1.36. The highest BCUT2D eigenvalue weighted by atomic mass is 16.3. The Balaban J connectivity index is 1.69. The van der Waals surface area contributed by atoms with Crippen molar-refractivity contribution < 1.29 is 5.11 Å². The molecule has 21 heavy (non-hydrogen) atoms. The lowest BCUT2D eigenvalue weighted by atomic mass is 9.92. The van der Waals surface area contributed by atoms with E-state index in [0.29, 0.717) is 0 Å². The topological polar surface area (TPSA) is 42.5 Å². The molecule has 4 heteroatoms. The molecule has 1 aliphatic rings. The molecule has 2 N–H and O–H groups in total. The maximum Gasteiger partial charge on any atom is 0.0900 e. The molecule has 114 valence electrons. The summed E-state index contributed by atoms with van der Waals surface area (Å²) in [7, 11) is 4.05. The lowest BCUT2D eigenvalue weighted by Gasteiger charge is -2.40. The molecule has 0 bridgehead atoms. The first kappa shape index (κ1) is 14.6. The van der Waals surface area contributed by atoms with E-state index >= 15 is 0 Å². The van der Waals surface area contributed by atoms with Crippen molar-refractivity contribution in [1.29, 1.82) is 0 Å². The molecule has 0 amide bonds. The lowest BCUT2D eigenvalue weighted by molar-refractivity contribution is -0.0479. The number of nitrogens with one attached hydrogen (secondary N) is 1. The van der Waals surface area contributed by atoms with E-state index in [1.165, 1.54) is 16.5 Å². The number of hydrogen-bond acceptors (Lipinski definition) is 3. The van der Waals surface area contributed by atoms with Crippen LogP contribution in [0, 0.1) is 0 Å². The molecule has 4 nitrogen and oxygen atoms in total. The highest BCUT2D eigenvalue weighted by Gasteiger charge is 2.33. The van der Waals surface area contributed by atoms with Gasteiger partial charge in [0.05, 0.1) is 5.60 Å². The predicted octanol–water partition coefficient (Wildman–Crippen LogP) is 2.06. The molecule has 0 saturated carbocycles. The molecule has 1 aromatic carbocycles. The minimum Gasteiger partial charge on any atom is -0.387 e. The van der Waals surface area contributed by atoms with Crippen LogP contribution in [0.15, 0.2) is 30.5 Å². The smallest absolute Gasteiger partial charge is 0.0900 e. The van der Waals surface area contributed by atoms with Crippen LogP contribution in [-0.4, -0.2) is 59.2 Å². The monoisotopic (exact) mass is 287 g/mol. The van der Waals surface area contributed by atoms with E-state index < -0.39 is 5.60 Å². The van der Waals surface area contributed by atoms with Crippen LogP contribution in [0.25, 0.3) is 10.9 Å². The maximum atomic E-state index is 10.7. The summed E-state index contributed by atoms with van der Waals surface area (Å²) in [6, 6.07) is 8.67. The Morgan fingerprint density at radius 1 is 1.33 bits per heavy atom. The number of aromatic nitrogens is 1. The van der Waals surface area contributed by atoms with Crippen molar-refractivity contribution in [2.24, 2.45) is 0 Å². The van der Waals surface area contributed by atoms with Gasteiger partial charge in [-0.1, -0.05) is 6.07 Å². The second-order valence-electron chi connectivity index (χ2n) is 6.68. The standard InChI is InChI=1S/C17H25N3O/c1-19(2)12-17(21)7-3-9-20(13-17)11-14-4-5-16-15(10-14)6-8-18-16/h4-6,8,10,18,21H,3,7,9,11-13H2,1-2H3/t17-/m0/s1. The number of aliphatic hydroxyl groups is 1. The van der Waals surface area contributed by atoms with E-state index in [1.54, 1.807) is 0 Å². The van der Waals surface area contributed by atoms with E-state index in [4.69, 9.17) is 0 Å². The number of nitrogens with zero attached hydrogens (tertiary/aromatic N) is 2.